The lowest BCUT2D eigenvalue weighted by molar-refractivity contribution is -0.137. The fourth-order valence-corrected chi connectivity index (χ4v) is 2.74. The first-order valence-electron chi connectivity index (χ1n) is 7.82. The fourth-order valence-electron chi connectivity index (χ4n) is 2.74. The van der Waals surface area contributed by atoms with Gasteiger partial charge < -0.3 is 9.42 Å². The molecule has 0 saturated carbocycles. The van der Waals surface area contributed by atoms with Crippen LogP contribution in [0.25, 0.3) is 11.1 Å². The molecule has 3 rings (SSSR count). The molecule has 136 valence electrons. The summed E-state index contributed by atoms with van der Waals surface area (Å²) in [5.74, 6) is -0.285. The third-order valence-electron chi connectivity index (χ3n) is 4.02. The van der Waals surface area contributed by atoms with Gasteiger partial charge in [-0.05, 0) is 37.6 Å². The summed E-state index contributed by atoms with van der Waals surface area (Å²) in [7, 11) is 1.59. The molecule has 0 aliphatic rings. The summed E-state index contributed by atoms with van der Waals surface area (Å²) < 4.78 is 43.0. The van der Waals surface area contributed by atoms with E-state index in [1.165, 1.54) is 17.0 Å². The molecule has 0 unspecified atom stereocenters. The van der Waals surface area contributed by atoms with Crippen LogP contribution in [0.5, 0.6) is 0 Å². The number of amides is 1. The van der Waals surface area contributed by atoms with E-state index in [1.54, 1.807) is 27.0 Å². The number of pyridine rings is 1. The second-order valence-electron chi connectivity index (χ2n) is 6.12. The largest absolute Gasteiger partial charge is 0.416 e. The highest BCUT2D eigenvalue weighted by atomic mass is 19.4. The quantitative estimate of drug-likeness (QED) is 0.702. The summed E-state index contributed by atoms with van der Waals surface area (Å²) in [5, 5.41) is 4.38. The highest BCUT2D eigenvalue weighted by Gasteiger charge is 2.30. The Hall–Kier alpha value is -2.90. The van der Waals surface area contributed by atoms with Crippen molar-refractivity contribution in [3.8, 4) is 0 Å². The molecule has 0 atom stereocenters. The van der Waals surface area contributed by atoms with Gasteiger partial charge in [-0.15, -0.1) is 0 Å². The lowest BCUT2D eigenvalue weighted by Crippen LogP contribution is -2.26. The van der Waals surface area contributed by atoms with Crippen LogP contribution in [0.1, 0.15) is 32.9 Å². The van der Waals surface area contributed by atoms with Gasteiger partial charge in [0, 0.05) is 19.3 Å². The summed E-state index contributed by atoms with van der Waals surface area (Å²) in [6, 6.07) is 6.40. The van der Waals surface area contributed by atoms with E-state index in [9.17, 15) is 18.0 Å². The van der Waals surface area contributed by atoms with Crippen molar-refractivity contribution in [2.75, 3.05) is 7.05 Å². The fraction of sp³-hybridized carbons (Fsp3) is 0.278. The summed E-state index contributed by atoms with van der Waals surface area (Å²) in [5.41, 5.74) is 1.73. The van der Waals surface area contributed by atoms with E-state index < -0.39 is 11.7 Å². The maximum atomic E-state index is 12.8. The molecular weight excluding hydrogens is 347 g/mol. The molecule has 0 bridgehead atoms. The van der Waals surface area contributed by atoms with Crippen LogP contribution in [0.4, 0.5) is 13.2 Å². The van der Waals surface area contributed by atoms with Gasteiger partial charge >= 0.3 is 6.18 Å². The number of carbonyl (C=O) groups is 1. The minimum absolute atomic E-state index is 0.171. The molecule has 0 radical (unpaired) electrons. The smallest absolute Gasteiger partial charge is 0.337 e. The first-order valence-corrected chi connectivity index (χ1v) is 7.82. The molecular formula is C18H16F3N3O2. The number of aryl methyl sites for hydroxylation is 2. The summed E-state index contributed by atoms with van der Waals surface area (Å²) >= 11 is 0. The minimum atomic E-state index is -4.38. The summed E-state index contributed by atoms with van der Waals surface area (Å²) in [6.07, 6.45) is -4.38. The number of fused-ring (bicyclic) bond motifs is 1. The molecule has 0 fully saturated rings. The number of aromatic nitrogens is 2. The number of nitrogens with zero attached hydrogens (tertiary/aromatic N) is 3. The Balaban J connectivity index is 1.86. The maximum absolute atomic E-state index is 12.8. The molecule has 26 heavy (non-hydrogen) atoms. The maximum Gasteiger partial charge on any atom is 0.416 e. The van der Waals surface area contributed by atoms with Crippen LogP contribution < -0.4 is 0 Å². The second-order valence-corrected chi connectivity index (χ2v) is 6.12. The van der Waals surface area contributed by atoms with Crippen LogP contribution in [0.15, 0.2) is 34.9 Å². The average molecular weight is 363 g/mol. The molecule has 0 saturated heterocycles. The molecule has 0 aliphatic carbocycles. The Kier molecular flexibility index (Phi) is 4.43. The van der Waals surface area contributed by atoms with Gasteiger partial charge in [0.15, 0.2) is 0 Å². The second kappa shape index (κ2) is 6.44. The first-order chi connectivity index (χ1) is 12.2. The van der Waals surface area contributed by atoms with Crippen molar-refractivity contribution in [2.45, 2.75) is 26.6 Å². The third kappa shape index (κ3) is 3.40. The van der Waals surface area contributed by atoms with Crippen LogP contribution in [0.3, 0.4) is 0 Å². The van der Waals surface area contributed by atoms with E-state index >= 15 is 0 Å². The van der Waals surface area contributed by atoms with E-state index in [2.05, 4.69) is 10.1 Å². The van der Waals surface area contributed by atoms with E-state index in [0.717, 1.165) is 12.1 Å². The van der Waals surface area contributed by atoms with Gasteiger partial charge in [0.05, 0.1) is 22.2 Å². The first kappa shape index (κ1) is 17.9. The Morgan fingerprint density at radius 3 is 2.46 bits per heavy atom. The topological polar surface area (TPSA) is 59.2 Å². The van der Waals surface area contributed by atoms with E-state index in [0.29, 0.717) is 27.9 Å². The van der Waals surface area contributed by atoms with Crippen LogP contribution >= 0.6 is 0 Å². The van der Waals surface area contributed by atoms with E-state index in [1.807, 2.05) is 0 Å². The number of halogens is 3. The monoisotopic (exact) mass is 363 g/mol. The van der Waals surface area contributed by atoms with Gasteiger partial charge in [0.25, 0.3) is 11.6 Å². The zero-order valence-electron chi connectivity index (χ0n) is 14.4. The van der Waals surface area contributed by atoms with Crippen molar-refractivity contribution in [3.63, 3.8) is 0 Å². The van der Waals surface area contributed by atoms with Crippen molar-refractivity contribution < 1.29 is 22.5 Å². The number of hydrogen-bond donors (Lipinski definition) is 0. The molecule has 0 aliphatic heterocycles. The van der Waals surface area contributed by atoms with Gasteiger partial charge in [-0.2, -0.15) is 13.2 Å². The van der Waals surface area contributed by atoms with Crippen molar-refractivity contribution in [2.24, 2.45) is 0 Å². The molecule has 2 heterocycles. The normalized spacial score (nSPS) is 11.8. The molecule has 5 nitrogen and oxygen atoms in total. The minimum Gasteiger partial charge on any atom is -0.337 e. The summed E-state index contributed by atoms with van der Waals surface area (Å²) in [4.78, 5) is 18.5. The number of carbonyl (C=O) groups excluding carboxylic acids is 1. The zero-order chi connectivity index (χ0) is 19.1. The average Bonchev–Trinajstić information content (AvgIpc) is 2.94. The van der Waals surface area contributed by atoms with Crippen molar-refractivity contribution in [3.05, 3.63) is 58.4 Å². The number of rotatable bonds is 3. The van der Waals surface area contributed by atoms with Crippen molar-refractivity contribution >= 4 is 17.0 Å². The predicted molar refractivity (Wildman–Crippen MR) is 88.5 cm³/mol. The van der Waals surface area contributed by atoms with Crippen LogP contribution in [-0.4, -0.2) is 28.0 Å². The lowest BCUT2D eigenvalue weighted by Gasteiger charge is -2.18. The molecule has 1 amide bonds. The standard InChI is InChI=1S/C18H16F3N3O2/c1-10-8-14(15-11(2)23-26-16(15)22-10)17(25)24(3)9-12-4-6-13(7-5-12)18(19,20)21/h4-8H,9H2,1-3H3. The van der Waals surface area contributed by atoms with Crippen LogP contribution in [0, 0.1) is 13.8 Å². The molecule has 0 spiro atoms. The summed E-state index contributed by atoms with van der Waals surface area (Å²) in [6.45, 7) is 3.63. The van der Waals surface area contributed by atoms with E-state index in [-0.39, 0.29) is 18.2 Å². The van der Waals surface area contributed by atoms with Gasteiger partial charge in [0.2, 0.25) is 0 Å². The Bertz CT molecular complexity index is 962. The van der Waals surface area contributed by atoms with Crippen molar-refractivity contribution in [1.82, 2.24) is 15.0 Å². The number of benzene rings is 1. The Morgan fingerprint density at radius 1 is 1.19 bits per heavy atom. The number of hydrogen-bond acceptors (Lipinski definition) is 4. The lowest BCUT2D eigenvalue weighted by atomic mass is 10.1. The van der Waals surface area contributed by atoms with E-state index in [4.69, 9.17) is 4.52 Å². The van der Waals surface area contributed by atoms with Gasteiger partial charge in [0.1, 0.15) is 0 Å². The van der Waals surface area contributed by atoms with Gasteiger partial charge in [-0.1, -0.05) is 17.3 Å². The van der Waals surface area contributed by atoms with Gasteiger partial charge in [-0.25, -0.2) is 4.98 Å². The predicted octanol–water partition coefficient (Wildman–Crippen LogP) is 4.13. The third-order valence-corrected chi connectivity index (χ3v) is 4.02. The SMILES string of the molecule is Cc1cc(C(=O)N(C)Cc2ccc(C(F)(F)F)cc2)c2c(C)noc2n1. The van der Waals surface area contributed by atoms with Crippen molar-refractivity contribution in [1.29, 1.82) is 0 Å². The van der Waals surface area contributed by atoms with Crippen LogP contribution in [0.2, 0.25) is 0 Å². The van der Waals surface area contributed by atoms with Crippen LogP contribution in [-0.2, 0) is 12.7 Å². The number of alkyl halides is 3. The molecule has 0 N–H and O–H groups in total. The Morgan fingerprint density at radius 2 is 1.85 bits per heavy atom. The molecule has 8 heteroatoms. The molecule has 1 aromatic carbocycles. The van der Waals surface area contributed by atoms with Gasteiger partial charge in [-0.3, -0.25) is 4.79 Å². The highest BCUT2D eigenvalue weighted by Crippen LogP contribution is 2.29. The highest BCUT2D eigenvalue weighted by molar-refractivity contribution is 6.05. The Labute approximate surface area is 147 Å². The zero-order valence-corrected chi connectivity index (χ0v) is 14.4. The molecule has 2 aromatic heterocycles. The molecule has 3 aromatic rings.